The van der Waals surface area contributed by atoms with E-state index in [4.69, 9.17) is 4.74 Å². The topological polar surface area (TPSA) is 55.4 Å². The molecule has 3 rings (SSSR count). The zero-order valence-corrected chi connectivity index (χ0v) is 16.1. The minimum Gasteiger partial charge on any atom is -0.465 e. The molecule has 0 bridgehead atoms. The fourth-order valence-corrected chi connectivity index (χ4v) is 5.34. The summed E-state index contributed by atoms with van der Waals surface area (Å²) in [5.74, 6) is -0.600. The van der Waals surface area contributed by atoms with Crippen LogP contribution in [0.4, 0.5) is 0 Å². The van der Waals surface area contributed by atoms with Gasteiger partial charge < -0.3 is 10.1 Å². The maximum absolute atomic E-state index is 12.4. The van der Waals surface area contributed by atoms with Crippen molar-refractivity contribution in [1.29, 1.82) is 0 Å². The van der Waals surface area contributed by atoms with Gasteiger partial charge in [-0.3, -0.25) is 4.79 Å². The predicted octanol–water partition coefficient (Wildman–Crippen LogP) is 2.59. The molecule has 3 aromatic rings. The molecule has 0 aliphatic rings. The van der Waals surface area contributed by atoms with E-state index in [1.165, 1.54) is 7.11 Å². The minimum absolute atomic E-state index is 0.191. The van der Waals surface area contributed by atoms with Gasteiger partial charge in [0.1, 0.15) is 0 Å². The number of hydrogen-bond donors (Lipinski definition) is 1. The van der Waals surface area contributed by atoms with E-state index in [0.29, 0.717) is 11.1 Å². The summed E-state index contributed by atoms with van der Waals surface area (Å²) in [6.45, 7) is 0. The first-order valence-corrected chi connectivity index (χ1v) is 9.84. The number of hydrogen-bond acceptors (Lipinski definition) is 3. The lowest BCUT2D eigenvalue weighted by molar-refractivity contribution is 0.0602. The molecule has 3 aromatic carbocycles. The van der Waals surface area contributed by atoms with Crippen LogP contribution in [0.15, 0.2) is 78.9 Å². The monoisotopic (exact) mass is 377 g/mol. The van der Waals surface area contributed by atoms with Gasteiger partial charge in [0, 0.05) is 17.9 Å². The molecule has 1 amide bonds. The molecule has 0 saturated heterocycles. The zero-order valence-electron chi connectivity index (χ0n) is 15.2. The molecule has 5 heteroatoms. The average molecular weight is 377 g/mol. The molecule has 0 fully saturated rings. The number of carbonyl (C=O) groups excluding carboxylic acids is 2. The summed E-state index contributed by atoms with van der Waals surface area (Å²) in [6, 6.07) is 25.2. The molecule has 0 aliphatic heterocycles. The van der Waals surface area contributed by atoms with Gasteiger partial charge in [0.05, 0.1) is 12.7 Å². The molecular weight excluding hydrogens is 357 g/mol. The van der Waals surface area contributed by atoms with Crippen LogP contribution in [0.3, 0.4) is 0 Å². The average Bonchev–Trinajstić information content (AvgIpc) is 2.74. The number of carbonyl (C=O) groups is 2. The van der Waals surface area contributed by atoms with E-state index < -0.39 is 13.9 Å². The van der Waals surface area contributed by atoms with Crippen LogP contribution in [-0.2, 0) is 4.74 Å². The molecule has 27 heavy (non-hydrogen) atoms. The Morgan fingerprint density at radius 3 is 1.89 bits per heavy atom. The summed E-state index contributed by atoms with van der Waals surface area (Å²) in [5.41, 5.74) is 0.989. The van der Waals surface area contributed by atoms with Gasteiger partial charge in [-0.05, 0) is 36.7 Å². The van der Waals surface area contributed by atoms with Gasteiger partial charge in [0.25, 0.3) is 5.91 Å². The van der Waals surface area contributed by atoms with Crippen molar-refractivity contribution in [3.63, 3.8) is 0 Å². The van der Waals surface area contributed by atoms with E-state index in [0.717, 1.165) is 15.9 Å². The second-order valence-corrected chi connectivity index (χ2v) is 7.99. The van der Waals surface area contributed by atoms with Crippen molar-refractivity contribution in [2.75, 3.05) is 14.2 Å². The lowest BCUT2D eigenvalue weighted by atomic mass is 10.1. The number of benzene rings is 3. The minimum atomic E-state index is -1.03. The molecule has 136 valence electrons. The third-order valence-electron chi connectivity index (χ3n) is 4.16. The molecule has 0 atom stereocenters. The molecule has 0 saturated carbocycles. The Kier molecular flexibility index (Phi) is 6.00. The van der Waals surface area contributed by atoms with E-state index in [9.17, 15) is 9.59 Å². The van der Waals surface area contributed by atoms with Gasteiger partial charge in [-0.2, -0.15) is 0 Å². The van der Waals surface area contributed by atoms with E-state index in [2.05, 4.69) is 5.32 Å². The number of ether oxygens (including phenoxy) is 1. The maximum Gasteiger partial charge on any atom is 0.338 e. The van der Waals surface area contributed by atoms with Crippen molar-refractivity contribution in [2.24, 2.45) is 0 Å². The molecular formula is C22H20NO3P. The molecule has 0 unspecified atom stereocenters. The van der Waals surface area contributed by atoms with Crippen molar-refractivity contribution in [3.05, 3.63) is 90.0 Å². The molecule has 4 nitrogen and oxygen atoms in total. The van der Waals surface area contributed by atoms with Gasteiger partial charge in [0.15, 0.2) is 0 Å². The van der Waals surface area contributed by atoms with Crippen molar-refractivity contribution in [2.45, 2.75) is 0 Å². The molecule has 1 N–H and O–H groups in total. The Bertz CT molecular complexity index is 903. The number of amides is 1. The van der Waals surface area contributed by atoms with Crippen LogP contribution in [0.2, 0.25) is 0 Å². The molecule has 0 aliphatic carbocycles. The van der Waals surface area contributed by atoms with E-state index >= 15 is 0 Å². The highest BCUT2D eigenvalue weighted by molar-refractivity contribution is 7.80. The van der Waals surface area contributed by atoms with E-state index in [1.54, 1.807) is 25.2 Å². The molecule has 0 heterocycles. The van der Waals surface area contributed by atoms with Crippen LogP contribution >= 0.6 is 7.92 Å². The van der Waals surface area contributed by atoms with Crippen molar-refractivity contribution in [1.82, 2.24) is 5.32 Å². The SMILES string of the molecule is CNC(=O)c1ccc(C(=O)OC)c(P(c2ccccc2)c2ccccc2)c1. The fraction of sp³-hybridized carbons (Fsp3) is 0.0909. The van der Waals surface area contributed by atoms with Gasteiger partial charge >= 0.3 is 5.97 Å². The first-order chi connectivity index (χ1) is 13.2. The third kappa shape index (κ3) is 4.07. The molecule has 0 spiro atoms. The highest BCUT2D eigenvalue weighted by Crippen LogP contribution is 2.34. The Balaban J connectivity index is 2.27. The van der Waals surface area contributed by atoms with Crippen LogP contribution in [0, 0.1) is 0 Å². The highest BCUT2D eigenvalue weighted by atomic mass is 31.1. The van der Waals surface area contributed by atoms with Gasteiger partial charge in [-0.25, -0.2) is 4.79 Å². The van der Waals surface area contributed by atoms with Crippen molar-refractivity contribution >= 4 is 35.7 Å². The normalized spacial score (nSPS) is 10.5. The number of rotatable bonds is 5. The highest BCUT2D eigenvalue weighted by Gasteiger charge is 2.24. The Hall–Kier alpha value is -2.97. The van der Waals surface area contributed by atoms with E-state index in [1.807, 2.05) is 60.7 Å². The lowest BCUT2D eigenvalue weighted by Crippen LogP contribution is -2.28. The standard InChI is InChI=1S/C22H20NO3P/c1-23-21(24)16-13-14-19(22(25)26-2)20(15-16)27(17-9-5-3-6-10-17)18-11-7-4-8-12-18/h3-15H,1-2H3,(H,23,24). The van der Waals surface area contributed by atoms with Crippen molar-refractivity contribution in [3.8, 4) is 0 Å². The van der Waals surface area contributed by atoms with Gasteiger partial charge in [-0.1, -0.05) is 60.7 Å². The third-order valence-corrected chi connectivity index (χ3v) is 6.64. The van der Waals surface area contributed by atoms with Crippen LogP contribution in [0.5, 0.6) is 0 Å². The van der Waals surface area contributed by atoms with E-state index in [-0.39, 0.29) is 5.91 Å². The zero-order chi connectivity index (χ0) is 19.2. The van der Waals surface area contributed by atoms with Gasteiger partial charge in [0.2, 0.25) is 0 Å². The summed E-state index contributed by atoms with van der Waals surface area (Å²) in [5, 5.41) is 5.63. The summed E-state index contributed by atoms with van der Waals surface area (Å²) >= 11 is 0. The van der Waals surface area contributed by atoms with Crippen LogP contribution in [-0.4, -0.2) is 26.0 Å². The molecule has 0 aromatic heterocycles. The second-order valence-electron chi connectivity index (χ2n) is 5.81. The number of nitrogens with one attached hydrogen (secondary N) is 1. The van der Waals surface area contributed by atoms with Gasteiger partial charge in [-0.15, -0.1) is 0 Å². The van der Waals surface area contributed by atoms with Crippen molar-refractivity contribution < 1.29 is 14.3 Å². The second kappa shape index (κ2) is 8.61. The number of esters is 1. The summed E-state index contributed by atoms with van der Waals surface area (Å²) in [6.07, 6.45) is 0. The smallest absolute Gasteiger partial charge is 0.338 e. The lowest BCUT2D eigenvalue weighted by Gasteiger charge is -2.22. The summed E-state index contributed by atoms with van der Waals surface area (Å²) in [7, 11) is 1.93. The molecule has 0 radical (unpaired) electrons. The largest absolute Gasteiger partial charge is 0.465 e. The van der Waals surface area contributed by atoms with Crippen LogP contribution in [0.25, 0.3) is 0 Å². The van der Waals surface area contributed by atoms with Crippen LogP contribution in [0.1, 0.15) is 20.7 Å². The summed E-state index contributed by atoms with van der Waals surface area (Å²) < 4.78 is 5.00. The van der Waals surface area contributed by atoms with Crippen LogP contribution < -0.4 is 21.2 Å². The quantitative estimate of drug-likeness (QED) is 0.549. The predicted molar refractivity (Wildman–Crippen MR) is 110 cm³/mol. The first-order valence-electron chi connectivity index (χ1n) is 8.50. The summed E-state index contributed by atoms with van der Waals surface area (Å²) in [4.78, 5) is 24.6. The fourth-order valence-electron chi connectivity index (χ4n) is 2.87. The Labute approximate surface area is 159 Å². The Morgan fingerprint density at radius 1 is 0.852 bits per heavy atom. The maximum atomic E-state index is 12.4. The number of methoxy groups -OCH3 is 1. The first kappa shape index (κ1) is 18.8. The Morgan fingerprint density at radius 2 is 1.41 bits per heavy atom.